The van der Waals surface area contributed by atoms with Crippen LogP contribution < -0.4 is 10.6 Å². The number of nitrogens with one attached hydrogen (secondary N) is 2. The van der Waals surface area contributed by atoms with Crippen LogP contribution in [0.4, 0.5) is 10.5 Å². The molecular weight excluding hydrogens is 208 g/mol. The van der Waals surface area contributed by atoms with Crippen molar-refractivity contribution in [2.24, 2.45) is 0 Å². The summed E-state index contributed by atoms with van der Waals surface area (Å²) in [6.45, 7) is 2.00. The van der Waals surface area contributed by atoms with Crippen molar-refractivity contribution in [3.05, 3.63) is 29.8 Å². The van der Waals surface area contributed by atoms with Gasteiger partial charge in [0.25, 0.3) is 0 Å². The lowest BCUT2D eigenvalue weighted by Gasteiger charge is -2.08. The lowest BCUT2D eigenvalue weighted by atomic mass is 10.2. The van der Waals surface area contributed by atoms with E-state index < -0.39 is 12.0 Å². The first kappa shape index (κ1) is 12.0. The van der Waals surface area contributed by atoms with E-state index in [1.165, 1.54) is 0 Å². The van der Waals surface area contributed by atoms with Gasteiger partial charge < -0.3 is 15.7 Å². The zero-order valence-corrected chi connectivity index (χ0v) is 8.99. The molecule has 0 fully saturated rings. The fourth-order valence-electron chi connectivity index (χ4n) is 1.16. The summed E-state index contributed by atoms with van der Waals surface area (Å²) in [5.41, 5.74) is 1.67. The van der Waals surface area contributed by atoms with Crippen LogP contribution in [-0.2, 0) is 4.79 Å². The number of carboxylic acids is 1. The van der Waals surface area contributed by atoms with Crippen LogP contribution >= 0.6 is 0 Å². The van der Waals surface area contributed by atoms with Crippen LogP contribution in [0.2, 0.25) is 0 Å². The van der Waals surface area contributed by atoms with E-state index in [2.05, 4.69) is 10.6 Å². The molecule has 0 saturated heterocycles. The molecule has 0 saturated carbocycles. The summed E-state index contributed by atoms with van der Waals surface area (Å²) in [6, 6.07) is 6.97. The first-order chi connectivity index (χ1) is 7.59. The normalized spacial score (nSPS) is 9.56. The van der Waals surface area contributed by atoms with Crippen molar-refractivity contribution in [1.29, 1.82) is 0 Å². The molecule has 0 atom stereocenters. The second-order valence-corrected chi connectivity index (χ2v) is 3.34. The van der Waals surface area contributed by atoms with Crippen LogP contribution in [0, 0.1) is 6.92 Å². The Labute approximate surface area is 93.5 Å². The number of carbonyl (C=O) groups excluding carboxylic acids is 1. The number of rotatable bonds is 4. The number of hydrogen-bond acceptors (Lipinski definition) is 2. The number of urea groups is 1. The quantitative estimate of drug-likeness (QED) is 0.723. The number of amides is 2. The maximum Gasteiger partial charge on any atom is 0.319 e. The Morgan fingerprint density at radius 1 is 1.31 bits per heavy atom. The molecule has 0 aliphatic rings. The van der Waals surface area contributed by atoms with E-state index in [1.807, 2.05) is 25.1 Å². The minimum absolute atomic E-state index is 0.0822. The highest BCUT2D eigenvalue weighted by Gasteiger charge is 2.03. The smallest absolute Gasteiger partial charge is 0.319 e. The molecule has 2 amide bonds. The maximum absolute atomic E-state index is 11.3. The van der Waals surface area contributed by atoms with Crippen LogP contribution in [0.5, 0.6) is 0 Å². The molecule has 0 aliphatic heterocycles. The van der Waals surface area contributed by atoms with Crippen LogP contribution in [0.1, 0.15) is 12.0 Å². The van der Waals surface area contributed by atoms with Crippen molar-refractivity contribution in [3.63, 3.8) is 0 Å². The third-order valence-corrected chi connectivity index (χ3v) is 2.02. The van der Waals surface area contributed by atoms with Gasteiger partial charge in [-0.1, -0.05) is 18.2 Å². The van der Waals surface area contributed by atoms with E-state index in [-0.39, 0.29) is 13.0 Å². The van der Waals surface area contributed by atoms with Gasteiger partial charge in [0.1, 0.15) is 0 Å². The summed E-state index contributed by atoms with van der Waals surface area (Å²) >= 11 is 0. The van der Waals surface area contributed by atoms with E-state index in [9.17, 15) is 9.59 Å². The second kappa shape index (κ2) is 5.75. The van der Waals surface area contributed by atoms with E-state index >= 15 is 0 Å². The van der Waals surface area contributed by atoms with Gasteiger partial charge in [-0.25, -0.2) is 4.79 Å². The molecule has 86 valence electrons. The zero-order valence-electron chi connectivity index (χ0n) is 8.99. The standard InChI is InChI=1S/C11H14N2O3/c1-8-4-2-3-5-9(8)13-11(16)12-7-6-10(14)15/h2-5H,6-7H2,1H3,(H,14,15)(H2,12,13,16). The molecule has 1 aromatic carbocycles. The Hall–Kier alpha value is -2.04. The summed E-state index contributed by atoms with van der Waals surface area (Å²) < 4.78 is 0. The summed E-state index contributed by atoms with van der Waals surface area (Å²) in [4.78, 5) is 21.6. The lowest BCUT2D eigenvalue weighted by molar-refractivity contribution is -0.136. The van der Waals surface area contributed by atoms with Gasteiger partial charge in [0.15, 0.2) is 0 Å². The third-order valence-electron chi connectivity index (χ3n) is 2.02. The second-order valence-electron chi connectivity index (χ2n) is 3.34. The van der Waals surface area contributed by atoms with Crippen molar-refractivity contribution < 1.29 is 14.7 Å². The Morgan fingerprint density at radius 2 is 2.00 bits per heavy atom. The number of anilines is 1. The van der Waals surface area contributed by atoms with Gasteiger partial charge in [0.2, 0.25) is 0 Å². The van der Waals surface area contributed by atoms with Crippen molar-refractivity contribution in [2.75, 3.05) is 11.9 Å². The number of benzene rings is 1. The first-order valence-electron chi connectivity index (χ1n) is 4.92. The molecule has 5 nitrogen and oxygen atoms in total. The Morgan fingerprint density at radius 3 is 2.62 bits per heavy atom. The zero-order chi connectivity index (χ0) is 12.0. The van der Waals surface area contributed by atoms with Crippen LogP contribution in [0.3, 0.4) is 0 Å². The molecule has 3 N–H and O–H groups in total. The Balaban J connectivity index is 2.40. The fraction of sp³-hybridized carbons (Fsp3) is 0.273. The number of carbonyl (C=O) groups is 2. The fourth-order valence-corrected chi connectivity index (χ4v) is 1.16. The molecule has 1 aromatic rings. The van der Waals surface area contributed by atoms with Crippen molar-refractivity contribution in [2.45, 2.75) is 13.3 Å². The number of carboxylic acid groups (broad SMARTS) is 1. The molecular formula is C11H14N2O3. The van der Waals surface area contributed by atoms with Crippen molar-refractivity contribution in [3.8, 4) is 0 Å². The molecule has 0 radical (unpaired) electrons. The molecule has 0 unspecified atom stereocenters. The summed E-state index contributed by atoms with van der Waals surface area (Å²) in [5.74, 6) is -0.934. The molecule has 0 bridgehead atoms. The average molecular weight is 222 g/mol. The third kappa shape index (κ3) is 4.00. The molecule has 0 aromatic heterocycles. The van der Waals surface area contributed by atoms with Gasteiger partial charge in [0.05, 0.1) is 6.42 Å². The predicted molar refractivity (Wildman–Crippen MR) is 60.5 cm³/mol. The van der Waals surface area contributed by atoms with E-state index in [4.69, 9.17) is 5.11 Å². The number of para-hydroxylation sites is 1. The lowest BCUT2D eigenvalue weighted by Crippen LogP contribution is -2.30. The number of aryl methyl sites for hydroxylation is 1. The van der Waals surface area contributed by atoms with Crippen LogP contribution in [-0.4, -0.2) is 23.7 Å². The van der Waals surface area contributed by atoms with Gasteiger partial charge >= 0.3 is 12.0 Å². The van der Waals surface area contributed by atoms with E-state index in [0.29, 0.717) is 0 Å². The summed E-state index contributed by atoms with van der Waals surface area (Å²) in [7, 11) is 0. The van der Waals surface area contributed by atoms with E-state index in [1.54, 1.807) is 6.07 Å². The van der Waals surface area contributed by atoms with Crippen LogP contribution in [0.25, 0.3) is 0 Å². The number of aliphatic carboxylic acids is 1. The summed E-state index contributed by atoms with van der Waals surface area (Å²) in [6.07, 6.45) is -0.0822. The van der Waals surface area contributed by atoms with Gasteiger partial charge in [-0.3, -0.25) is 4.79 Å². The Kier molecular flexibility index (Phi) is 4.32. The maximum atomic E-state index is 11.3. The molecule has 0 spiro atoms. The first-order valence-corrected chi connectivity index (χ1v) is 4.92. The van der Waals surface area contributed by atoms with Crippen molar-refractivity contribution in [1.82, 2.24) is 5.32 Å². The van der Waals surface area contributed by atoms with Crippen LogP contribution in [0.15, 0.2) is 24.3 Å². The minimum Gasteiger partial charge on any atom is -0.481 e. The highest BCUT2D eigenvalue weighted by molar-refractivity contribution is 5.90. The topological polar surface area (TPSA) is 78.4 Å². The van der Waals surface area contributed by atoms with Gasteiger partial charge in [-0.15, -0.1) is 0 Å². The van der Waals surface area contributed by atoms with Gasteiger partial charge in [0, 0.05) is 12.2 Å². The van der Waals surface area contributed by atoms with Crippen molar-refractivity contribution >= 4 is 17.7 Å². The Bertz CT molecular complexity index is 391. The monoisotopic (exact) mass is 222 g/mol. The molecule has 0 aliphatic carbocycles. The number of hydrogen-bond donors (Lipinski definition) is 3. The minimum atomic E-state index is -0.934. The molecule has 16 heavy (non-hydrogen) atoms. The summed E-state index contributed by atoms with van der Waals surface area (Å²) in [5, 5.41) is 13.5. The predicted octanol–water partition coefficient (Wildman–Crippen LogP) is 1.59. The SMILES string of the molecule is Cc1ccccc1NC(=O)NCCC(=O)O. The largest absolute Gasteiger partial charge is 0.481 e. The molecule has 1 rings (SSSR count). The highest BCUT2D eigenvalue weighted by atomic mass is 16.4. The molecule has 0 heterocycles. The average Bonchev–Trinajstić information content (AvgIpc) is 2.21. The van der Waals surface area contributed by atoms with Gasteiger partial charge in [-0.05, 0) is 18.6 Å². The molecule has 5 heteroatoms. The van der Waals surface area contributed by atoms with Gasteiger partial charge in [-0.2, -0.15) is 0 Å². The van der Waals surface area contributed by atoms with E-state index in [0.717, 1.165) is 11.3 Å². The highest BCUT2D eigenvalue weighted by Crippen LogP contribution is 2.12.